The van der Waals surface area contributed by atoms with Gasteiger partial charge in [0.05, 0.1) is 12.4 Å². The van der Waals surface area contributed by atoms with E-state index >= 15 is 0 Å². The Morgan fingerprint density at radius 2 is 2.32 bits per heavy atom. The van der Waals surface area contributed by atoms with Crippen molar-refractivity contribution in [2.45, 2.75) is 25.9 Å². The van der Waals surface area contributed by atoms with Crippen molar-refractivity contribution in [2.75, 3.05) is 20.1 Å². The van der Waals surface area contributed by atoms with E-state index in [4.69, 9.17) is 0 Å². The van der Waals surface area contributed by atoms with Crippen molar-refractivity contribution in [3.63, 3.8) is 0 Å². The molecule has 2 N–H and O–H groups in total. The quantitative estimate of drug-likeness (QED) is 0.537. The first-order valence-corrected chi connectivity index (χ1v) is 9.62. The van der Waals surface area contributed by atoms with E-state index in [1.165, 1.54) is 11.9 Å². The van der Waals surface area contributed by atoms with E-state index in [0.717, 1.165) is 36.9 Å². The number of likely N-dealkylation sites (tertiary alicyclic amines) is 1. The molecule has 2 aromatic heterocycles. The fourth-order valence-electron chi connectivity index (χ4n) is 3.78. The van der Waals surface area contributed by atoms with Crippen LogP contribution in [0.25, 0.3) is 11.4 Å². The Balaban J connectivity index is 1.42. The van der Waals surface area contributed by atoms with Gasteiger partial charge in [-0.15, -0.1) is 0 Å². The molecule has 1 aliphatic heterocycles. The zero-order valence-corrected chi connectivity index (χ0v) is 16.3. The third-order valence-corrected chi connectivity index (χ3v) is 5.40. The first kappa shape index (κ1) is 18.2. The molecule has 1 aliphatic rings. The van der Waals surface area contributed by atoms with Crippen LogP contribution < -0.4 is 5.32 Å². The van der Waals surface area contributed by atoms with Crippen LogP contribution in [0.4, 0.5) is 0 Å². The average molecular weight is 378 g/mol. The Hall–Kier alpha value is -3.16. The molecule has 8 nitrogen and oxygen atoms in total. The van der Waals surface area contributed by atoms with E-state index in [-0.39, 0.29) is 0 Å². The van der Waals surface area contributed by atoms with Gasteiger partial charge in [-0.2, -0.15) is 5.10 Å². The largest absolute Gasteiger partial charge is 0.352 e. The molecule has 1 saturated heterocycles. The van der Waals surface area contributed by atoms with Crippen molar-refractivity contribution in [2.24, 2.45) is 10.9 Å². The summed E-state index contributed by atoms with van der Waals surface area (Å²) in [6.45, 7) is 4.95. The predicted octanol–water partition coefficient (Wildman–Crippen LogP) is 2.33. The first-order valence-electron chi connectivity index (χ1n) is 9.62. The summed E-state index contributed by atoms with van der Waals surface area (Å²) in [4.78, 5) is 15.3. The minimum atomic E-state index is 0.407. The van der Waals surface area contributed by atoms with Crippen molar-refractivity contribution in [1.29, 1.82) is 0 Å². The van der Waals surface area contributed by atoms with Crippen LogP contribution >= 0.6 is 0 Å². The number of nitrogens with one attached hydrogen (secondary N) is 2. The van der Waals surface area contributed by atoms with Gasteiger partial charge in [0.2, 0.25) is 0 Å². The van der Waals surface area contributed by atoms with E-state index in [2.05, 4.69) is 65.2 Å². The zero-order valence-electron chi connectivity index (χ0n) is 16.3. The van der Waals surface area contributed by atoms with Crippen molar-refractivity contribution in [3.05, 3.63) is 54.9 Å². The minimum absolute atomic E-state index is 0.407. The second kappa shape index (κ2) is 8.24. The number of hydrogen-bond acceptors (Lipinski definition) is 4. The van der Waals surface area contributed by atoms with Gasteiger partial charge in [-0.3, -0.25) is 10.1 Å². The highest BCUT2D eigenvalue weighted by Gasteiger charge is 2.28. The van der Waals surface area contributed by atoms with Crippen LogP contribution in [0.5, 0.6) is 0 Å². The van der Waals surface area contributed by atoms with Crippen LogP contribution in [0.2, 0.25) is 0 Å². The molecule has 3 aromatic rings. The van der Waals surface area contributed by atoms with Gasteiger partial charge in [0.15, 0.2) is 11.8 Å². The van der Waals surface area contributed by atoms with Crippen LogP contribution in [0.15, 0.2) is 54.3 Å². The monoisotopic (exact) mass is 378 g/mol. The molecule has 0 bridgehead atoms. The molecule has 2 atom stereocenters. The van der Waals surface area contributed by atoms with Crippen molar-refractivity contribution in [1.82, 2.24) is 34.9 Å². The molecule has 1 fully saturated rings. The normalized spacial score (nSPS) is 20.4. The Morgan fingerprint density at radius 3 is 3.07 bits per heavy atom. The summed E-state index contributed by atoms with van der Waals surface area (Å²) >= 11 is 0. The van der Waals surface area contributed by atoms with Gasteiger partial charge in [-0.1, -0.05) is 25.1 Å². The molecule has 0 spiro atoms. The van der Waals surface area contributed by atoms with Gasteiger partial charge in [0.1, 0.15) is 6.33 Å². The third kappa shape index (κ3) is 3.90. The molecule has 0 saturated carbocycles. The molecule has 146 valence electrons. The average Bonchev–Trinajstić information content (AvgIpc) is 3.44. The summed E-state index contributed by atoms with van der Waals surface area (Å²) in [5, 5.41) is 10.4. The topological polar surface area (TPSA) is 87.0 Å². The molecule has 0 radical (unpaired) electrons. The zero-order chi connectivity index (χ0) is 19.3. The highest BCUT2D eigenvalue weighted by Crippen LogP contribution is 2.27. The maximum absolute atomic E-state index is 4.52. The molecule has 1 aromatic carbocycles. The van der Waals surface area contributed by atoms with Gasteiger partial charge < -0.3 is 14.8 Å². The highest BCUT2D eigenvalue weighted by atomic mass is 15.3. The number of piperidine rings is 1. The van der Waals surface area contributed by atoms with Gasteiger partial charge in [-0.05, 0) is 24.0 Å². The highest BCUT2D eigenvalue weighted by molar-refractivity contribution is 5.80. The van der Waals surface area contributed by atoms with Crippen LogP contribution in [-0.4, -0.2) is 55.7 Å². The lowest BCUT2D eigenvalue weighted by Gasteiger charge is -2.39. The van der Waals surface area contributed by atoms with Crippen LogP contribution in [0.3, 0.4) is 0 Å². The molecule has 3 heterocycles. The molecule has 0 aliphatic carbocycles. The van der Waals surface area contributed by atoms with Crippen molar-refractivity contribution >= 4 is 5.96 Å². The van der Waals surface area contributed by atoms with Gasteiger partial charge >= 0.3 is 0 Å². The number of hydrogen-bond donors (Lipinski definition) is 2. The maximum atomic E-state index is 4.52. The number of guanidine groups is 1. The van der Waals surface area contributed by atoms with Crippen molar-refractivity contribution in [3.8, 4) is 11.4 Å². The maximum Gasteiger partial charge on any atom is 0.193 e. The van der Waals surface area contributed by atoms with Crippen LogP contribution in [-0.2, 0) is 6.54 Å². The fourth-order valence-corrected chi connectivity index (χ4v) is 3.78. The molecule has 0 amide bonds. The standard InChI is InChI=1S/C20H26N8/c1-15-6-8-27(12-18(15)28-9-7-22-14-28)20(21-2)23-11-16-4-3-5-17(10-16)19-24-13-25-26-19/h3-5,7,9-10,13-15,18H,6,8,11-12H2,1-2H3,(H,21,23)(H,24,25,26). The summed E-state index contributed by atoms with van der Waals surface area (Å²) in [5.41, 5.74) is 2.20. The lowest BCUT2D eigenvalue weighted by atomic mass is 9.93. The molecule has 4 rings (SSSR count). The van der Waals surface area contributed by atoms with E-state index < -0.39 is 0 Å². The Labute approximate surface area is 164 Å². The number of aromatic amines is 1. The summed E-state index contributed by atoms with van der Waals surface area (Å²) in [5.74, 6) is 2.32. The molecular formula is C20H26N8. The number of nitrogens with zero attached hydrogens (tertiary/aromatic N) is 6. The van der Waals surface area contributed by atoms with Crippen LogP contribution in [0.1, 0.15) is 24.9 Å². The number of aliphatic imine (C=N–C) groups is 1. The van der Waals surface area contributed by atoms with Crippen molar-refractivity contribution < 1.29 is 0 Å². The van der Waals surface area contributed by atoms with Gasteiger partial charge in [0, 0.05) is 44.6 Å². The Kier molecular flexibility index (Phi) is 5.36. The lowest BCUT2D eigenvalue weighted by Crippen LogP contribution is -2.48. The minimum Gasteiger partial charge on any atom is -0.352 e. The third-order valence-electron chi connectivity index (χ3n) is 5.40. The second-order valence-electron chi connectivity index (χ2n) is 7.22. The molecular weight excluding hydrogens is 352 g/mol. The smallest absolute Gasteiger partial charge is 0.193 e. The van der Waals surface area contributed by atoms with Crippen LogP contribution in [0, 0.1) is 5.92 Å². The van der Waals surface area contributed by atoms with E-state index in [1.807, 2.05) is 31.7 Å². The number of imidazole rings is 1. The van der Waals surface area contributed by atoms with E-state index in [0.29, 0.717) is 18.5 Å². The number of benzene rings is 1. The Morgan fingerprint density at radius 1 is 1.39 bits per heavy atom. The second-order valence-corrected chi connectivity index (χ2v) is 7.22. The molecule has 8 heteroatoms. The summed E-state index contributed by atoms with van der Waals surface area (Å²) in [7, 11) is 1.84. The lowest BCUT2D eigenvalue weighted by molar-refractivity contribution is 0.189. The summed E-state index contributed by atoms with van der Waals surface area (Å²) < 4.78 is 2.21. The SMILES string of the molecule is CN=C(NCc1cccc(-c2ncn[nH]2)c1)N1CCC(C)C(n2ccnc2)C1. The molecule has 28 heavy (non-hydrogen) atoms. The van der Waals surface area contributed by atoms with E-state index in [1.54, 1.807) is 0 Å². The fraction of sp³-hybridized carbons (Fsp3) is 0.400. The van der Waals surface area contributed by atoms with Gasteiger partial charge in [-0.25, -0.2) is 9.97 Å². The number of aromatic nitrogens is 5. The summed E-state index contributed by atoms with van der Waals surface area (Å²) in [6.07, 6.45) is 8.46. The summed E-state index contributed by atoms with van der Waals surface area (Å²) in [6, 6.07) is 8.69. The van der Waals surface area contributed by atoms with Gasteiger partial charge in [0.25, 0.3) is 0 Å². The number of rotatable bonds is 4. The number of H-pyrrole nitrogens is 1. The Bertz CT molecular complexity index is 900. The molecule has 2 unspecified atom stereocenters. The first-order chi connectivity index (χ1) is 13.7. The predicted molar refractivity (Wildman–Crippen MR) is 109 cm³/mol. The van der Waals surface area contributed by atoms with E-state index in [9.17, 15) is 0 Å².